The molecular weight excluding hydrogens is 322 g/mol. The van der Waals surface area contributed by atoms with Gasteiger partial charge >= 0.3 is 0 Å². The highest BCUT2D eigenvalue weighted by Crippen LogP contribution is 2.43. The second kappa shape index (κ2) is 5.54. The van der Waals surface area contributed by atoms with Crippen LogP contribution in [0.15, 0.2) is 77.6 Å². The third-order valence-electron chi connectivity index (χ3n) is 3.97. The summed E-state index contributed by atoms with van der Waals surface area (Å²) in [5.41, 5.74) is -0.206. The predicted octanol–water partition coefficient (Wildman–Crippen LogP) is 5.00. The van der Waals surface area contributed by atoms with Gasteiger partial charge in [-0.1, -0.05) is 30.3 Å². The zero-order chi connectivity index (χ0) is 16.7. The highest BCUT2D eigenvalue weighted by atomic mass is 32.2. The number of hydrogen-bond acceptors (Lipinski definition) is 3. The number of benzene rings is 3. The quantitative estimate of drug-likeness (QED) is 0.224. The number of fused-ring (bicyclic) bond motifs is 2. The van der Waals surface area contributed by atoms with Gasteiger partial charge in [-0.25, -0.2) is 0 Å². The summed E-state index contributed by atoms with van der Waals surface area (Å²) in [6.45, 7) is 0. The molecule has 0 aliphatic carbocycles. The molecule has 4 rings (SSSR count). The molecule has 0 N–H and O–H groups in total. The molecule has 0 aliphatic heterocycles. The highest BCUT2D eigenvalue weighted by Gasteiger charge is 2.24. The van der Waals surface area contributed by atoms with E-state index in [9.17, 15) is 14.9 Å². The molecule has 4 aromatic rings. The minimum atomic E-state index is -0.464. The molecule has 3 aromatic carbocycles. The standard InChI is InChI=1S/C19H12NO3S/c21-19-15-8-4-5-9-17(15)24(14-6-2-1-3-7-14)18-11-10-13(20(22)23)12-16(18)19/h1-12H/q+1. The number of rotatable bonds is 2. The Hall–Kier alpha value is -3.05. The number of non-ortho nitro benzene ring substituents is 1. The molecule has 116 valence electrons. The molecular formula is C19H12NO3S+. The van der Waals surface area contributed by atoms with E-state index in [0.717, 1.165) is 14.3 Å². The highest BCUT2D eigenvalue weighted by molar-refractivity contribution is 7.49. The summed E-state index contributed by atoms with van der Waals surface area (Å²) in [6.07, 6.45) is 0. The largest absolute Gasteiger partial charge is 0.288 e. The van der Waals surface area contributed by atoms with Gasteiger partial charge in [0.2, 0.25) is 5.43 Å². The summed E-state index contributed by atoms with van der Waals surface area (Å²) in [5, 5.41) is 12.1. The van der Waals surface area contributed by atoms with E-state index < -0.39 is 15.4 Å². The first-order valence-electron chi connectivity index (χ1n) is 7.38. The molecule has 0 aliphatic rings. The number of hydrogen-bond donors (Lipinski definition) is 0. The number of nitro groups is 1. The normalized spacial score (nSPS) is 11.8. The van der Waals surface area contributed by atoms with E-state index >= 15 is 0 Å². The summed E-state index contributed by atoms with van der Waals surface area (Å²) in [4.78, 5) is 24.6. The van der Waals surface area contributed by atoms with Crippen molar-refractivity contribution >= 4 is 36.3 Å². The van der Waals surface area contributed by atoms with Gasteiger partial charge in [-0.05, 0) is 24.3 Å². The molecule has 4 nitrogen and oxygen atoms in total. The minimum Gasteiger partial charge on any atom is -0.288 e. The number of nitro benzene ring substituents is 1. The van der Waals surface area contributed by atoms with Gasteiger partial charge in [0.15, 0.2) is 14.3 Å². The van der Waals surface area contributed by atoms with Crippen molar-refractivity contribution in [2.75, 3.05) is 0 Å². The van der Waals surface area contributed by atoms with Crippen LogP contribution in [0.2, 0.25) is 0 Å². The molecule has 0 amide bonds. The lowest BCUT2D eigenvalue weighted by Gasteiger charge is -2.03. The Labute approximate surface area is 139 Å². The first-order chi connectivity index (χ1) is 11.7. The smallest absolute Gasteiger partial charge is 0.270 e. The van der Waals surface area contributed by atoms with E-state index in [1.165, 1.54) is 12.1 Å². The van der Waals surface area contributed by atoms with Crippen LogP contribution >= 0.6 is 10.5 Å². The summed E-state index contributed by atoms with van der Waals surface area (Å²) >= 11 is 0. The molecule has 5 heteroatoms. The Balaban J connectivity index is 2.25. The Morgan fingerprint density at radius 1 is 0.792 bits per heavy atom. The van der Waals surface area contributed by atoms with Crippen LogP contribution in [0.1, 0.15) is 0 Å². The SMILES string of the molecule is O=c1c2ccccc2[s+](-c2ccccc2)c2ccc([N+](=O)[O-])cc12. The van der Waals surface area contributed by atoms with Crippen molar-refractivity contribution in [2.24, 2.45) is 0 Å². The summed E-state index contributed by atoms with van der Waals surface area (Å²) < 4.78 is 1.81. The summed E-state index contributed by atoms with van der Waals surface area (Å²) in [6, 6.07) is 22.0. The van der Waals surface area contributed by atoms with Crippen molar-refractivity contribution in [3.63, 3.8) is 0 Å². The molecule has 0 saturated heterocycles. The van der Waals surface area contributed by atoms with Crippen LogP contribution < -0.4 is 5.43 Å². The average molecular weight is 334 g/mol. The monoisotopic (exact) mass is 334 g/mol. The maximum Gasteiger partial charge on any atom is 0.270 e. The van der Waals surface area contributed by atoms with Gasteiger partial charge in [-0.3, -0.25) is 14.9 Å². The lowest BCUT2D eigenvalue weighted by molar-refractivity contribution is -0.384. The van der Waals surface area contributed by atoms with Crippen molar-refractivity contribution in [1.82, 2.24) is 0 Å². The van der Waals surface area contributed by atoms with Crippen LogP contribution in [0.5, 0.6) is 0 Å². The maximum atomic E-state index is 12.8. The van der Waals surface area contributed by atoms with Gasteiger partial charge in [0, 0.05) is 28.7 Å². The summed E-state index contributed by atoms with van der Waals surface area (Å²) in [7, 11) is -0.444. The Morgan fingerprint density at radius 3 is 2.21 bits per heavy atom. The second-order valence-electron chi connectivity index (χ2n) is 5.38. The molecule has 0 fully saturated rings. The maximum absolute atomic E-state index is 12.8. The summed E-state index contributed by atoms with van der Waals surface area (Å²) in [5.74, 6) is 0. The van der Waals surface area contributed by atoms with Crippen LogP contribution in [0.25, 0.3) is 25.1 Å². The van der Waals surface area contributed by atoms with Crippen molar-refractivity contribution in [3.05, 3.63) is 93.1 Å². The van der Waals surface area contributed by atoms with Crippen molar-refractivity contribution in [3.8, 4) is 4.90 Å². The molecule has 1 unspecified atom stereocenters. The molecule has 1 aromatic heterocycles. The third-order valence-corrected chi connectivity index (χ3v) is 6.30. The Bertz CT molecular complexity index is 1150. The molecule has 24 heavy (non-hydrogen) atoms. The van der Waals surface area contributed by atoms with Gasteiger partial charge in [0.05, 0.1) is 15.7 Å². The van der Waals surface area contributed by atoms with Crippen molar-refractivity contribution in [1.29, 1.82) is 0 Å². The van der Waals surface area contributed by atoms with Gasteiger partial charge in [0.25, 0.3) is 5.69 Å². The van der Waals surface area contributed by atoms with Crippen LogP contribution in [-0.4, -0.2) is 4.92 Å². The van der Waals surface area contributed by atoms with E-state index in [1.807, 2.05) is 48.5 Å². The van der Waals surface area contributed by atoms with E-state index in [4.69, 9.17) is 0 Å². The second-order valence-corrected chi connectivity index (χ2v) is 7.35. The van der Waals surface area contributed by atoms with Crippen LogP contribution in [-0.2, 0) is 0 Å². The molecule has 1 heterocycles. The lowest BCUT2D eigenvalue weighted by atomic mass is 10.2. The lowest BCUT2D eigenvalue weighted by Crippen LogP contribution is -2.03. The first-order valence-corrected chi connectivity index (χ1v) is 8.61. The topological polar surface area (TPSA) is 60.2 Å². The fourth-order valence-corrected chi connectivity index (χ4v) is 5.24. The average Bonchev–Trinajstić information content (AvgIpc) is 2.62. The Kier molecular flexibility index (Phi) is 3.36. The van der Waals surface area contributed by atoms with Crippen molar-refractivity contribution < 1.29 is 4.92 Å². The van der Waals surface area contributed by atoms with Gasteiger partial charge in [0.1, 0.15) is 0 Å². The predicted molar refractivity (Wildman–Crippen MR) is 98.2 cm³/mol. The third kappa shape index (κ3) is 2.18. The van der Waals surface area contributed by atoms with E-state index in [1.54, 1.807) is 12.1 Å². The zero-order valence-electron chi connectivity index (χ0n) is 12.5. The van der Waals surface area contributed by atoms with Crippen molar-refractivity contribution in [2.45, 2.75) is 0 Å². The fourth-order valence-electron chi connectivity index (χ4n) is 2.89. The first kappa shape index (κ1) is 14.5. The van der Waals surface area contributed by atoms with Gasteiger partial charge in [-0.2, -0.15) is 0 Å². The van der Waals surface area contributed by atoms with Gasteiger partial charge in [-0.15, -0.1) is 0 Å². The minimum absolute atomic E-state index is 0.0573. The zero-order valence-corrected chi connectivity index (χ0v) is 13.3. The molecule has 0 bridgehead atoms. The molecule has 0 spiro atoms. The Morgan fingerprint density at radius 2 is 1.46 bits per heavy atom. The van der Waals surface area contributed by atoms with E-state index in [2.05, 4.69) is 0 Å². The molecule has 1 atom stereocenters. The van der Waals surface area contributed by atoms with E-state index in [-0.39, 0.29) is 11.1 Å². The van der Waals surface area contributed by atoms with Crippen LogP contribution in [0.4, 0.5) is 5.69 Å². The van der Waals surface area contributed by atoms with Gasteiger partial charge < -0.3 is 0 Å². The fraction of sp³-hybridized carbons (Fsp3) is 0. The van der Waals surface area contributed by atoms with Crippen LogP contribution in [0.3, 0.4) is 0 Å². The molecule has 0 radical (unpaired) electrons. The molecule has 0 saturated carbocycles. The number of nitrogens with zero attached hydrogens (tertiary/aromatic N) is 1. The van der Waals surface area contributed by atoms with Crippen LogP contribution in [0, 0.1) is 10.1 Å². The van der Waals surface area contributed by atoms with E-state index in [0.29, 0.717) is 10.8 Å².